The Bertz CT molecular complexity index is 569. The quantitative estimate of drug-likeness (QED) is 0.819. The molecule has 1 heterocycles. The molecule has 0 spiro atoms. The number of hydrogen-bond donors (Lipinski definition) is 1. The molecule has 0 bridgehead atoms. The van der Waals surface area contributed by atoms with Crippen molar-refractivity contribution in [2.75, 3.05) is 18.5 Å². The molecule has 2 aromatic rings. The number of halogens is 2. The third kappa shape index (κ3) is 4.13. The van der Waals surface area contributed by atoms with Crippen molar-refractivity contribution >= 4 is 40.2 Å². The molecule has 20 heavy (non-hydrogen) atoms. The molecular weight excluding hydrogens is 311 g/mol. The van der Waals surface area contributed by atoms with Crippen LogP contribution in [0.25, 0.3) is 0 Å². The Morgan fingerprint density at radius 3 is 2.65 bits per heavy atom. The molecule has 0 fully saturated rings. The predicted molar refractivity (Wildman–Crippen MR) is 90.3 cm³/mol. The monoisotopic (exact) mass is 328 g/mol. The highest BCUT2D eigenvalue weighted by atomic mass is 35.5. The van der Waals surface area contributed by atoms with Crippen molar-refractivity contribution in [3.05, 3.63) is 50.1 Å². The first kappa shape index (κ1) is 15.6. The fourth-order valence-corrected chi connectivity index (χ4v) is 3.42. The van der Waals surface area contributed by atoms with Gasteiger partial charge in [0, 0.05) is 29.2 Å². The number of anilines is 1. The van der Waals surface area contributed by atoms with Crippen LogP contribution in [0.4, 0.5) is 5.69 Å². The molecule has 5 heteroatoms. The molecule has 2 nitrogen and oxygen atoms in total. The molecule has 0 aliphatic carbocycles. The molecule has 108 valence electrons. The summed E-state index contributed by atoms with van der Waals surface area (Å²) in [5, 5.41) is 4.12. The van der Waals surface area contributed by atoms with Crippen LogP contribution < -0.4 is 10.2 Å². The highest BCUT2D eigenvalue weighted by Gasteiger charge is 2.09. The van der Waals surface area contributed by atoms with Gasteiger partial charge in [0.2, 0.25) is 0 Å². The summed E-state index contributed by atoms with van der Waals surface area (Å²) in [6.45, 7) is 4.71. The lowest BCUT2D eigenvalue weighted by molar-refractivity contribution is 0.723. The highest BCUT2D eigenvalue weighted by molar-refractivity contribution is 7.16. The Balaban J connectivity index is 2.17. The first-order chi connectivity index (χ1) is 9.60. The van der Waals surface area contributed by atoms with Crippen molar-refractivity contribution < 1.29 is 0 Å². The van der Waals surface area contributed by atoms with Crippen molar-refractivity contribution in [1.29, 1.82) is 0 Å². The number of rotatable bonds is 6. The van der Waals surface area contributed by atoms with Gasteiger partial charge in [-0.05, 0) is 42.4 Å². The van der Waals surface area contributed by atoms with Crippen LogP contribution in [0.2, 0.25) is 9.36 Å². The Morgan fingerprint density at radius 2 is 2.00 bits per heavy atom. The number of hydrogen-bond acceptors (Lipinski definition) is 3. The minimum atomic E-state index is 0.772. The van der Waals surface area contributed by atoms with E-state index in [1.54, 1.807) is 11.3 Å². The van der Waals surface area contributed by atoms with Crippen LogP contribution in [0.1, 0.15) is 17.4 Å². The van der Waals surface area contributed by atoms with Gasteiger partial charge < -0.3 is 10.2 Å². The van der Waals surface area contributed by atoms with Gasteiger partial charge in [-0.25, -0.2) is 0 Å². The van der Waals surface area contributed by atoms with Gasteiger partial charge in [-0.15, -0.1) is 11.3 Å². The summed E-state index contributed by atoms with van der Waals surface area (Å²) in [5.41, 5.74) is 2.41. The van der Waals surface area contributed by atoms with Gasteiger partial charge in [-0.2, -0.15) is 0 Å². The van der Waals surface area contributed by atoms with Crippen molar-refractivity contribution in [1.82, 2.24) is 5.32 Å². The first-order valence-corrected chi connectivity index (χ1v) is 8.12. The second-order valence-electron chi connectivity index (χ2n) is 4.62. The summed E-state index contributed by atoms with van der Waals surface area (Å²) >= 11 is 13.7. The van der Waals surface area contributed by atoms with Crippen molar-refractivity contribution in [2.24, 2.45) is 0 Å². The molecule has 0 aliphatic heterocycles. The third-order valence-electron chi connectivity index (χ3n) is 3.04. The van der Waals surface area contributed by atoms with E-state index in [1.807, 2.05) is 18.2 Å². The van der Waals surface area contributed by atoms with E-state index >= 15 is 0 Å². The molecule has 0 amide bonds. The van der Waals surface area contributed by atoms with Crippen molar-refractivity contribution in [2.45, 2.75) is 20.0 Å². The fraction of sp³-hybridized carbons (Fsp3) is 0.333. The predicted octanol–water partition coefficient (Wildman–Crippen LogP) is 4.80. The average molecular weight is 329 g/mol. The van der Waals surface area contributed by atoms with E-state index in [0.717, 1.165) is 29.0 Å². The zero-order valence-electron chi connectivity index (χ0n) is 11.6. The zero-order chi connectivity index (χ0) is 14.5. The van der Waals surface area contributed by atoms with Crippen molar-refractivity contribution in [3.8, 4) is 0 Å². The molecule has 0 unspecified atom stereocenters. The molecule has 0 saturated heterocycles. The van der Waals surface area contributed by atoms with Gasteiger partial charge in [0.1, 0.15) is 0 Å². The van der Waals surface area contributed by atoms with Crippen LogP contribution in [0, 0.1) is 0 Å². The first-order valence-electron chi connectivity index (χ1n) is 6.54. The van der Waals surface area contributed by atoms with Crippen molar-refractivity contribution in [3.63, 3.8) is 0 Å². The smallest absolute Gasteiger partial charge is 0.0931 e. The van der Waals surface area contributed by atoms with Gasteiger partial charge in [-0.1, -0.05) is 30.1 Å². The fourth-order valence-electron chi connectivity index (χ4n) is 2.08. The van der Waals surface area contributed by atoms with E-state index in [2.05, 4.69) is 36.3 Å². The summed E-state index contributed by atoms with van der Waals surface area (Å²) in [5.74, 6) is 0. The molecule has 2 rings (SSSR count). The maximum atomic E-state index is 6.10. The summed E-state index contributed by atoms with van der Waals surface area (Å²) in [4.78, 5) is 3.48. The maximum Gasteiger partial charge on any atom is 0.0931 e. The average Bonchev–Trinajstić information content (AvgIpc) is 2.81. The second-order valence-corrected chi connectivity index (χ2v) is 6.85. The lowest BCUT2D eigenvalue weighted by Gasteiger charge is -2.22. The van der Waals surface area contributed by atoms with Crippen LogP contribution in [0.3, 0.4) is 0 Å². The Morgan fingerprint density at radius 1 is 1.20 bits per heavy atom. The summed E-state index contributed by atoms with van der Waals surface area (Å²) in [6, 6.07) is 10.0. The molecule has 0 radical (unpaired) electrons. The molecule has 1 aromatic carbocycles. The van der Waals surface area contributed by atoms with Gasteiger partial charge in [0.15, 0.2) is 0 Å². The van der Waals surface area contributed by atoms with Crippen LogP contribution in [-0.2, 0) is 13.1 Å². The lowest BCUT2D eigenvalue weighted by Crippen LogP contribution is -2.20. The van der Waals surface area contributed by atoms with Gasteiger partial charge in [-0.3, -0.25) is 0 Å². The Kier molecular flexibility index (Phi) is 5.73. The van der Waals surface area contributed by atoms with E-state index in [9.17, 15) is 0 Å². The van der Waals surface area contributed by atoms with Gasteiger partial charge >= 0.3 is 0 Å². The Labute approximate surface area is 134 Å². The van der Waals surface area contributed by atoms with Crippen LogP contribution >= 0.6 is 34.5 Å². The van der Waals surface area contributed by atoms with Crippen LogP contribution in [0.15, 0.2) is 30.3 Å². The molecular formula is C15H18Cl2N2S. The van der Waals surface area contributed by atoms with E-state index < -0.39 is 0 Å². The van der Waals surface area contributed by atoms with E-state index in [4.69, 9.17) is 23.2 Å². The van der Waals surface area contributed by atoms with Gasteiger partial charge in [0.25, 0.3) is 0 Å². The largest absolute Gasteiger partial charge is 0.369 e. The van der Waals surface area contributed by atoms with E-state index in [0.29, 0.717) is 0 Å². The number of benzene rings is 1. The molecule has 0 saturated carbocycles. The summed E-state index contributed by atoms with van der Waals surface area (Å²) in [7, 11) is 2.09. The van der Waals surface area contributed by atoms with Gasteiger partial charge in [0.05, 0.1) is 10.9 Å². The van der Waals surface area contributed by atoms with Crippen LogP contribution in [-0.4, -0.2) is 13.6 Å². The Hall–Kier alpha value is -0.740. The molecule has 0 aliphatic rings. The number of nitrogens with zero attached hydrogens (tertiary/aromatic N) is 1. The highest BCUT2D eigenvalue weighted by Crippen LogP contribution is 2.27. The minimum absolute atomic E-state index is 0.772. The standard InChI is InChI=1S/C15H18Cl2N2S/c1-3-18-9-11-8-12(16)4-6-14(11)19(2)10-13-5-7-15(17)20-13/h4-8,18H,3,9-10H2,1-2H3. The molecule has 1 aromatic heterocycles. The number of thiophene rings is 1. The topological polar surface area (TPSA) is 15.3 Å². The van der Waals surface area contributed by atoms with E-state index in [1.165, 1.54) is 16.1 Å². The summed E-state index contributed by atoms with van der Waals surface area (Å²) in [6.07, 6.45) is 0. The van der Waals surface area contributed by atoms with E-state index in [-0.39, 0.29) is 0 Å². The second kappa shape index (κ2) is 7.32. The zero-order valence-corrected chi connectivity index (χ0v) is 13.9. The normalized spacial score (nSPS) is 10.8. The summed E-state index contributed by atoms with van der Waals surface area (Å²) < 4.78 is 0.831. The molecule has 1 N–H and O–H groups in total. The SMILES string of the molecule is CCNCc1cc(Cl)ccc1N(C)Cc1ccc(Cl)s1. The molecule has 0 atom stereocenters. The third-order valence-corrected chi connectivity index (χ3v) is 4.49. The van der Waals surface area contributed by atoms with Crippen LogP contribution in [0.5, 0.6) is 0 Å². The minimum Gasteiger partial charge on any atom is -0.369 e. The lowest BCUT2D eigenvalue weighted by atomic mass is 10.1. The number of nitrogens with one attached hydrogen (secondary N) is 1. The maximum absolute atomic E-state index is 6.10.